The Kier molecular flexibility index (Phi) is 2.69. The van der Waals surface area contributed by atoms with Gasteiger partial charge in [-0.15, -0.1) is 0 Å². The second kappa shape index (κ2) is 4.14. The van der Waals surface area contributed by atoms with E-state index in [0.29, 0.717) is 22.5 Å². The van der Waals surface area contributed by atoms with Gasteiger partial charge in [-0.3, -0.25) is 0 Å². The molecule has 1 aromatic heterocycles. The number of hydrogen-bond acceptors (Lipinski definition) is 4. The lowest BCUT2D eigenvalue weighted by Crippen LogP contribution is -1.93. The number of nitrogen functional groups attached to an aromatic ring is 1. The average Bonchev–Trinajstić information content (AvgIpc) is 2.22. The minimum atomic E-state index is 0.369. The molecule has 1 heterocycles. The summed E-state index contributed by atoms with van der Waals surface area (Å²) < 4.78 is 5.42. The molecule has 0 saturated heterocycles. The molecule has 0 radical (unpaired) electrons. The lowest BCUT2D eigenvalue weighted by Gasteiger charge is -2.04. The van der Waals surface area contributed by atoms with Crippen LogP contribution < -0.4 is 10.5 Å². The number of ether oxygens (including phenoxy) is 1. The van der Waals surface area contributed by atoms with E-state index >= 15 is 0 Å². The molecule has 1 aromatic carbocycles. The van der Waals surface area contributed by atoms with Crippen LogP contribution in [0, 0.1) is 0 Å². The number of benzene rings is 1. The zero-order valence-electron chi connectivity index (χ0n) is 7.72. The number of rotatable bonds is 2. The van der Waals surface area contributed by atoms with Gasteiger partial charge in [0, 0.05) is 11.1 Å². The van der Waals surface area contributed by atoms with Crippen molar-refractivity contribution < 1.29 is 4.74 Å². The van der Waals surface area contributed by atoms with Crippen molar-refractivity contribution in [2.75, 3.05) is 5.73 Å². The van der Waals surface area contributed by atoms with Crippen molar-refractivity contribution in [3.05, 3.63) is 41.7 Å². The predicted molar refractivity (Wildman–Crippen MR) is 58.0 cm³/mol. The molecule has 15 heavy (non-hydrogen) atoms. The lowest BCUT2D eigenvalue weighted by molar-refractivity contribution is 0.462. The zero-order valence-corrected chi connectivity index (χ0v) is 8.48. The van der Waals surface area contributed by atoms with Crippen molar-refractivity contribution in [1.82, 2.24) is 9.97 Å². The van der Waals surface area contributed by atoms with E-state index in [4.69, 9.17) is 22.1 Å². The third kappa shape index (κ3) is 2.57. The summed E-state index contributed by atoms with van der Waals surface area (Å²) in [5.74, 6) is 1.43. The van der Waals surface area contributed by atoms with Gasteiger partial charge in [-0.25, -0.2) is 9.97 Å². The van der Waals surface area contributed by atoms with Crippen molar-refractivity contribution in [3.8, 4) is 11.6 Å². The van der Waals surface area contributed by atoms with E-state index in [9.17, 15) is 0 Å². The molecule has 76 valence electrons. The highest BCUT2D eigenvalue weighted by Gasteiger charge is 1.99. The summed E-state index contributed by atoms with van der Waals surface area (Å²) in [5.41, 5.74) is 5.48. The van der Waals surface area contributed by atoms with Gasteiger partial charge in [0.2, 0.25) is 5.88 Å². The summed E-state index contributed by atoms with van der Waals surface area (Å²) in [6.07, 6.45) is 1.35. The molecule has 2 rings (SSSR count). The van der Waals surface area contributed by atoms with E-state index in [-0.39, 0.29) is 0 Å². The Morgan fingerprint density at radius 3 is 2.53 bits per heavy atom. The van der Waals surface area contributed by atoms with Crippen molar-refractivity contribution in [2.45, 2.75) is 0 Å². The fourth-order valence-corrected chi connectivity index (χ4v) is 1.16. The molecule has 0 unspecified atom stereocenters. The van der Waals surface area contributed by atoms with E-state index in [2.05, 4.69) is 9.97 Å². The predicted octanol–water partition coefficient (Wildman–Crippen LogP) is 2.50. The van der Waals surface area contributed by atoms with Gasteiger partial charge >= 0.3 is 0 Å². The van der Waals surface area contributed by atoms with E-state index in [1.54, 1.807) is 30.3 Å². The van der Waals surface area contributed by atoms with Gasteiger partial charge in [0.05, 0.1) is 0 Å². The molecule has 5 heteroatoms. The zero-order chi connectivity index (χ0) is 10.7. The van der Waals surface area contributed by atoms with Crippen LogP contribution in [0.4, 0.5) is 5.82 Å². The van der Waals surface area contributed by atoms with Crippen LogP contribution in [0.25, 0.3) is 0 Å². The third-order valence-electron chi connectivity index (χ3n) is 1.70. The molecule has 2 N–H and O–H groups in total. The van der Waals surface area contributed by atoms with Crippen LogP contribution >= 0.6 is 11.6 Å². The number of aromatic nitrogens is 2. The van der Waals surface area contributed by atoms with Crippen LogP contribution in [0.3, 0.4) is 0 Å². The third-order valence-corrected chi connectivity index (χ3v) is 1.95. The van der Waals surface area contributed by atoms with Gasteiger partial charge in [-0.1, -0.05) is 11.6 Å². The van der Waals surface area contributed by atoms with Crippen LogP contribution in [0.15, 0.2) is 36.7 Å². The molecule has 0 atom stereocenters. The molecule has 4 nitrogen and oxygen atoms in total. The normalized spacial score (nSPS) is 9.93. The monoisotopic (exact) mass is 221 g/mol. The molecular weight excluding hydrogens is 214 g/mol. The summed E-state index contributed by atoms with van der Waals surface area (Å²) in [5, 5.41) is 0.657. The Balaban J connectivity index is 2.18. The maximum Gasteiger partial charge on any atom is 0.224 e. The minimum absolute atomic E-state index is 0.369. The van der Waals surface area contributed by atoms with Crippen molar-refractivity contribution in [1.29, 1.82) is 0 Å². The quantitative estimate of drug-likeness (QED) is 0.847. The molecule has 0 aliphatic rings. The second-order valence-electron chi connectivity index (χ2n) is 2.84. The molecule has 2 aromatic rings. The largest absolute Gasteiger partial charge is 0.439 e. The number of anilines is 1. The Morgan fingerprint density at radius 1 is 1.13 bits per heavy atom. The van der Waals surface area contributed by atoms with Gasteiger partial charge in [0.1, 0.15) is 17.9 Å². The van der Waals surface area contributed by atoms with E-state index in [1.807, 2.05) is 0 Å². The van der Waals surface area contributed by atoms with Gasteiger partial charge in [0.15, 0.2) is 0 Å². The van der Waals surface area contributed by atoms with E-state index in [0.717, 1.165) is 0 Å². The molecule has 0 aliphatic heterocycles. The second-order valence-corrected chi connectivity index (χ2v) is 3.27. The Labute approximate surface area is 91.7 Å². The first-order valence-corrected chi connectivity index (χ1v) is 4.63. The van der Waals surface area contributed by atoms with Gasteiger partial charge in [-0.05, 0) is 24.3 Å². The Bertz CT molecular complexity index is 458. The summed E-state index contributed by atoms with van der Waals surface area (Å²) in [6.45, 7) is 0. The molecule has 0 aliphatic carbocycles. The highest BCUT2D eigenvalue weighted by molar-refractivity contribution is 6.30. The molecular formula is C10H8ClN3O. The number of nitrogens with zero attached hydrogens (tertiary/aromatic N) is 2. The standard InChI is InChI=1S/C10H8ClN3O/c11-7-1-3-8(4-2-7)15-10-5-9(12)13-6-14-10/h1-6H,(H2,12,13,14). The maximum atomic E-state index is 5.74. The average molecular weight is 222 g/mol. The summed E-state index contributed by atoms with van der Waals surface area (Å²) in [4.78, 5) is 7.67. The fourth-order valence-electron chi connectivity index (χ4n) is 1.03. The first kappa shape index (κ1) is 9.73. The maximum absolute atomic E-state index is 5.74. The first-order valence-electron chi connectivity index (χ1n) is 4.25. The van der Waals surface area contributed by atoms with Crippen molar-refractivity contribution >= 4 is 17.4 Å². The highest BCUT2D eigenvalue weighted by Crippen LogP contribution is 2.21. The Hall–Kier alpha value is -1.81. The van der Waals surface area contributed by atoms with E-state index < -0.39 is 0 Å². The van der Waals surface area contributed by atoms with Crippen molar-refractivity contribution in [3.63, 3.8) is 0 Å². The SMILES string of the molecule is Nc1cc(Oc2ccc(Cl)cc2)ncn1. The summed E-state index contributed by atoms with van der Waals surface area (Å²) >= 11 is 5.74. The summed E-state index contributed by atoms with van der Waals surface area (Å²) in [7, 11) is 0. The number of hydrogen-bond donors (Lipinski definition) is 1. The minimum Gasteiger partial charge on any atom is -0.439 e. The summed E-state index contributed by atoms with van der Waals surface area (Å²) in [6, 6.07) is 8.53. The van der Waals surface area contributed by atoms with Crippen molar-refractivity contribution in [2.24, 2.45) is 0 Å². The van der Waals surface area contributed by atoms with Crippen LogP contribution in [0.1, 0.15) is 0 Å². The van der Waals surface area contributed by atoms with Crippen LogP contribution in [0.5, 0.6) is 11.6 Å². The van der Waals surface area contributed by atoms with Gasteiger partial charge in [0.25, 0.3) is 0 Å². The topological polar surface area (TPSA) is 61.0 Å². The number of halogens is 1. The molecule has 0 fully saturated rings. The van der Waals surface area contributed by atoms with Gasteiger partial charge in [-0.2, -0.15) is 0 Å². The number of nitrogens with two attached hydrogens (primary N) is 1. The smallest absolute Gasteiger partial charge is 0.224 e. The van der Waals surface area contributed by atoms with Crippen LogP contribution in [-0.4, -0.2) is 9.97 Å². The van der Waals surface area contributed by atoms with Crippen LogP contribution in [0.2, 0.25) is 5.02 Å². The fraction of sp³-hybridized carbons (Fsp3) is 0. The van der Waals surface area contributed by atoms with E-state index in [1.165, 1.54) is 6.33 Å². The molecule has 0 bridgehead atoms. The highest BCUT2D eigenvalue weighted by atomic mass is 35.5. The Morgan fingerprint density at radius 2 is 1.87 bits per heavy atom. The molecule has 0 spiro atoms. The molecule has 0 saturated carbocycles. The van der Waals surface area contributed by atoms with Gasteiger partial charge < -0.3 is 10.5 Å². The van der Waals surface area contributed by atoms with Crippen LogP contribution in [-0.2, 0) is 0 Å². The first-order chi connectivity index (χ1) is 7.24. The lowest BCUT2D eigenvalue weighted by atomic mass is 10.3. The molecule has 0 amide bonds.